The van der Waals surface area contributed by atoms with E-state index >= 15 is 0 Å². The van der Waals surface area contributed by atoms with Crippen LogP contribution in [0.5, 0.6) is 0 Å². The highest BCUT2D eigenvalue weighted by atomic mass is 14.8. The SMILES string of the molecule is Nc1cccc(CNCc2cccnc2)c1. The minimum atomic E-state index is 0.806. The Morgan fingerprint density at radius 1 is 1.06 bits per heavy atom. The van der Waals surface area contributed by atoms with Gasteiger partial charge in [-0.05, 0) is 29.3 Å². The molecule has 3 N–H and O–H groups in total. The summed E-state index contributed by atoms with van der Waals surface area (Å²) < 4.78 is 0. The van der Waals surface area contributed by atoms with Gasteiger partial charge in [-0.2, -0.15) is 0 Å². The number of aromatic nitrogens is 1. The van der Waals surface area contributed by atoms with Crippen LogP contribution in [0.1, 0.15) is 11.1 Å². The molecule has 0 aliphatic heterocycles. The van der Waals surface area contributed by atoms with Crippen LogP contribution < -0.4 is 11.1 Å². The molecular weight excluding hydrogens is 198 g/mol. The second-order valence-electron chi connectivity index (χ2n) is 3.71. The summed E-state index contributed by atoms with van der Waals surface area (Å²) >= 11 is 0. The summed E-state index contributed by atoms with van der Waals surface area (Å²) in [5.41, 5.74) is 8.89. The summed E-state index contributed by atoms with van der Waals surface area (Å²) in [5, 5.41) is 3.35. The maximum atomic E-state index is 5.70. The first-order valence-electron chi connectivity index (χ1n) is 5.28. The minimum Gasteiger partial charge on any atom is -0.399 e. The number of nitrogen functional groups attached to an aromatic ring is 1. The molecule has 0 aliphatic rings. The molecular formula is C13H15N3. The van der Waals surface area contributed by atoms with Crippen molar-refractivity contribution >= 4 is 5.69 Å². The highest BCUT2D eigenvalue weighted by Crippen LogP contribution is 2.06. The molecule has 0 spiro atoms. The van der Waals surface area contributed by atoms with E-state index in [1.54, 1.807) is 6.20 Å². The quantitative estimate of drug-likeness (QED) is 0.763. The smallest absolute Gasteiger partial charge is 0.0317 e. The molecule has 0 saturated carbocycles. The molecule has 0 atom stereocenters. The third-order valence-corrected chi connectivity index (χ3v) is 2.33. The number of pyridine rings is 1. The van der Waals surface area contributed by atoms with E-state index in [1.165, 1.54) is 11.1 Å². The van der Waals surface area contributed by atoms with E-state index in [0.29, 0.717) is 0 Å². The largest absolute Gasteiger partial charge is 0.399 e. The number of benzene rings is 1. The van der Waals surface area contributed by atoms with Gasteiger partial charge in [-0.25, -0.2) is 0 Å². The molecule has 2 aromatic rings. The van der Waals surface area contributed by atoms with E-state index in [9.17, 15) is 0 Å². The third-order valence-electron chi connectivity index (χ3n) is 2.33. The molecule has 0 bridgehead atoms. The van der Waals surface area contributed by atoms with E-state index in [-0.39, 0.29) is 0 Å². The lowest BCUT2D eigenvalue weighted by Crippen LogP contribution is -2.12. The Morgan fingerprint density at radius 3 is 2.62 bits per heavy atom. The Hall–Kier alpha value is -1.87. The van der Waals surface area contributed by atoms with Crippen molar-refractivity contribution in [3.8, 4) is 0 Å². The highest BCUT2D eigenvalue weighted by Gasteiger charge is 1.94. The van der Waals surface area contributed by atoms with Crippen molar-refractivity contribution in [2.75, 3.05) is 5.73 Å². The van der Waals surface area contributed by atoms with Crippen molar-refractivity contribution in [2.24, 2.45) is 0 Å². The molecule has 0 unspecified atom stereocenters. The molecule has 16 heavy (non-hydrogen) atoms. The summed E-state index contributed by atoms with van der Waals surface area (Å²) in [5.74, 6) is 0. The standard InChI is InChI=1S/C13H15N3/c14-13-5-1-3-11(7-13)8-16-10-12-4-2-6-15-9-12/h1-7,9,16H,8,10,14H2. The zero-order valence-corrected chi connectivity index (χ0v) is 9.06. The summed E-state index contributed by atoms with van der Waals surface area (Å²) in [4.78, 5) is 4.06. The van der Waals surface area contributed by atoms with Crippen molar-refractivity contribution in [3.63, 3.8) is 0 Å². The Labute approximate surface area is 95.3 Å². The van der Waals surface area contributed by atoms with Gasteiger partial charge in [-0.1, -0.05) is 18.2 Å². The van der Waals surface area contributed by atoms with Gasteiger partial charge in [0.15, 0.2) is 0 Å². The van der Waals surface area contributed by atoms with E-state index in [1.807, 2.05) is 30.5 Å². The fourth-order valence-corrected chi connectivity index (χ4v) is 1.56. The maximum absolute atomic E-state index is 5.70. The fraction of sp³-hybridized carbons (Fsp3) is 0.154. The molecule has 2 rings (SSSR count). The highest BCUT2D eigenvalue weighted by molar-refractivity contribution is 5.40. The van der Waals surface area contributed by atoms with E-state index < -0.39 is 0 Å². The lowest BCUT2D eigenvalue weighted by atomic mass is 10.2. The fourth-order valence-electron chi connectivity index (χ4n) is 1.56. The molecule has 1 aromatic carbocycles. The monoisotopic (exact) mass is 213 g/mol. The van der Waals surface area contributed by atoms with Crippen molar-refractivity contribution < 1.29 is 0 Å². The Balaban J connectivity index is 1.85. The molecule has 0 radical (unpaired) electrons. The summed E-state index contributed by atoms with van der Waals surface area (Å²) in [7, 11) is 0. The number of hydrogen-bond acceptors (Lipinski definition) is 3. The van der Waals surface area contributed by atoms with Crippen LogP contribution in [0.25, 0.3) is 0 Å². The van der Waals surface area contributed by atoms with Gasteiger partial charge in [0.1, 0.15) is 0 Å². The first-order valence-corrected chi connectivity index (χ1v) is 5.28. The minimum absolute atomic E-state index is 0.806. The summed E-state index contributed by atoms with van der Waals surface area (Å²) in [6, 6.07) is 11.9. The predicted octanol–water partition coefficient (Wildman–Crippen LogP) is 1.95. The van der Waals surface area contributed by atoms with Gasteiger partial charge in [-0.15, -0.1) is 0 Å². The van der Waals surface area contributed by atoms with Crippen molar-refractivity contribution in [2.45, 2.75) is 13.1 Å². The van der Waals surface area contributed by atoms with Gasteiger partial charge < -0.3 is 11.1 Å². The summed E-state index contributed by atoms with van der Waals surface area (Å²) in [6.45, 7) is 1.64. The second kappa shape index (κ2) is 5.28. The number of nitrogens with two attached hydrogens (primary N) is 1. The number of nitrogens with zero attached hydrogens (tertiary/aromatic N) is 1. The van der Waals surface area contributed by atoms with Gasteiger partial charge in [0.2, 0.25) is 0 Å². The van der Waals surface area contributed by atoms with Crippen LogP contribution in [0, 0.1) is 0 Å². The number of hydrogen-bond donors (Lipinski definition) is 2. The van der Waals surface area contributed by atoms with Crippen molar-refractivity contribution in [3.05, 3.63) is 59.9 Å². The maximum Gasteiger partial charge on any atom is 0.0317 e. The third kappa shape index (κ3) is 3.07. The van der Waals surface area contributed by atoms with Crippen LogP contribution in [0.2, 0.25) is 0 Å². The number of rotatable bonds is 4. The van der Waals surface area contributed by atoms with Crippen molar-refractivity contribution in [1.29, 1.82) is 0 Å². The van der Waals surface area contributed by atoms with Crippen molar-refractivity contribution in [1.82, 2.24) is 10.3 Å². The Kier molecular flexibility index (Phi) is 3.51. The van der Waals surface area contributed by atoms with Gasteiger partial charge >= 0.3 is 0 Å². The van der Waals surface area contributed by atoms with Crippen LogP contribution in [-0.2, 0) is 13.1 Å². The lowest BCUT2D eigenvalue weighted by molar-refractivity contribution is 0.691. The Bertz CT molecular complexity index is 440. The molecule has 3 nitrogen and oxygen atoms in total. The zero-order chi connectivity index (χ0) is 11.2. The molecule has 0 saturated heterocycles. The molecule has 3 heteroatoms. The Morgan fingerprint density at radius 2 is 1.88 bits per heavy atom. The van der Waals surface area contributed by atoms with Crippen LogP contribution in [-0.4, -0.2) is 4.98 Å². The van der Waals surface area contributed by atoms with Crippen LogP contribution in [0.3, 0.4) is 0 Å². The lowest BCUT2D eigenvalue weighted by Gasteiger charge is -2.05. The first-order chi connectivity index (χ1) is 7.84. The molecule has 1 heterocycles. The molecule has 82 valence electrons. The predicted molar refractivity (Wildman–Crippen MR) is 65.6 cm³/mol. The second-order valence-corrected chi connectivity index (χ2v) is 3.71. The van der Waals surface area contributed by atoms with Gasteiger partial charge in [0.05, 0.1) is 0 Å². The van der Waals surface area contributed by atoms with E-state index in [4.69, 9.17) is 5.73 Å². The normalized spacial score (nSPS) is 10.2. The van der Waals surface area contributed by atoms with E-state index in [2.05, 4.69) is 22.4 Å². The number of nitrogens with one attached hydrogen (secondary N) is 1. The number of anilines is 1. The average Bonchev–Trinajstić information content (AvgIpc) is 2.30. The first kappa shape index (κ1) is 10.6. The topological polar surface area (TPSA) is 50.9 Å². The van der Waals surface area contributed by atoms with Crippen LogP contribution in [0.4, 0.5) is 5.69 Å². The molecule has 0 amide bonds. The van der Waals surface area contributed by atoms with Crippen LogP contribution >= 0.6 is 0 Å². The molecule has 1 aromatic heterocycles. The van der Waals surface area contributed by atoms with Gasteiger partial charge in [-0.3, -0.25) is 4.98 Å². The summed E-state index contributed by atoms with van der Waals surface area (Å²) in [6.07, 6.45) is 3.65. The molecule has 0 aliphatic carbocycles. The van der Waals surface area contributed by atoms with Gasteiger partial charge in [0, 0.05) is 31.2 Å². The molecule has 0 fully saturated rings. The van der Waals surface area contributed by atoms with Gasteiger partial charge in [0.25, 0.3) is 0 Å². The van der Waals surface area contributed by atoms with Crippen LogP contribution in [0.15, 0.2) is 48.8 Å². The van der Waals surface area contributed by atoms with E-state index in [0.717, 1.165) is 18.8 Å². The average molecular weight is 213 g/mol. The zero-order valence-electron chi connectivity index (χ0n) is 9.06.